The van der Waals surface area contributed by atoms with Crippen molar-refractivity contribution < 1.29 is 27.5 Å². The molecule has 0 aliphatic carbocycles. The van der Waals surface area contributed by atoms with Crippen LogP contribution in [0.25, 0.3) is 0 Å². The summed E-state index contributed by atoms with van der Waals surface area (Å²) in [6.45, 7) is 45.1. The first-order valence-corrected chi connectivity index (χ1v) is 30.5. The molecule has 1 aliphatic heterocycles. The van der Waals surface area contributed by atoms with Crippen molar-refractivity contribution in [3.05, 3.63) is 60.3 Å². The molecule has 0 N–H and O–H groups in total. The summed E-state index contributed by atoms with van der Waals surface area (Å²) in [6, 6.07) is 9.18. The number of hydrogen-bond donors (Lipinski definition) is 0. The zero-order valence-corrected chi connectivity index (χ0v) is 38.4. The molecule has 1 aromatic carbocycles. The van der Waals surface area contributed by atoms with Crippen molar-refractivity contribution in [1.82, 2.24) is 0 Å². The van der Waals surface area contributed by atoms with Crippen LogP contribution >= 0.6 is 0 Å². The predicted molar refractivity (Wildman–Crippen MR) is 218 cm³/mol. The van der Waals surface area contributed by atoms with Crippen LogP contribution in [0.4, 0.5) is 0 Å². The van der Waals surface area contributed by atoms with Gasteiger partial charge in [0.25, 0.3) is 0 Å². The molecule has 1 aromatic rings. The molecule has 0 spiro atoms. The summed E-state index contributed by atoms with van der Waals surface area (Å²) in [4.78, 5) is 13.8. The lowest BCUT2D eigenvalue weighted by atomic mass is 9.90. The Morgan fingerprint density at radius 1 is 0.755 bits per heavy atom. The van der Waals surface area contributed by atoms with Gasteiger partial charge in [-0.2, -0.15) is 0 Å². The summed E-state index contributed by atoms with van der Waals surface area (Å²) in [5.41, 5.74) is 2.86. The Balaban J connectivity index is 2.96. The zero-order chi connectivity index (χ0) is 38.0. The molecule has 6 nitrogen and oxygen atoms in total. The Morgan fingerprint density at radius 3 is 1.65 bits per heavy atom. The lowest BCUT2D eigenvalue weighted by Gasteiger charge is -2.54. The van der Waals surface area contributed by atoms with E-state index in [4.69, 9.17) is 22.8 Å². The van der Waals surface area contributed by atoms with Crippen molar-refractivity contribution in [2.24, 2.45) is 0 Å². The summed E-state index contributed by atoms with van der Waals surface area (Å²) in [7, 11) is -8.82. The Labute approximate surface area is 305 Å². The quantitative estimate of drug-likeness (QED) is 0.114. The molecule has 1 heterocycles. The number of benzene rings is 1. The van der Waals surface area contributed by atoms with E-state index in [1.165, 1.54) is 0 Å². The van der Waals surface area contributed by atoms with Gasteiger partial charge in [-0.1, -0.05) is 118 Å². The Hall–Kier alpha value is -1.12. The van der Waals surface area contributed by atoms with Gasteiger partial charge in [0.1, 0.15) is 24.4 Å². The number of carbonyl (C=O) groups excluding carboxylic acids is 1. The van der Waals surface area contributed by atoms with Gasteiger partial charge in [0.2, 0.25) is 0 Å². The average molecular weight is 749 g/mol. The van der Waals surface area contributed by atoms with Crippen LogP contribution in [-0.4, -0.2) is 75.6 Å². The van der Waals surface area contributed by atoms with E-state index in [1.807, 2.05) is 24.3 Å². The molecule has 0 bridgehead atoms. The molecule has 0 saturated carbocycles. The highest BCUT2D eigenvalue weighted by Gasteiger charge is 2.57. The second kappa shape index (κ2) is 15.9. The molecule has 10 heteroatoms. The molecule has 1 saturated heterocycles. The van der Waals surface area contributed by atoms with E-state index in [0.29, 0.717) is 12.0 Å². The molecule has 49 heavy (non-hydrogen) atoms. The largest absolute Gasteiger partial charge is 0.453 e. The van der Waals surface area contributed by atoms with Crippen LogP contribution in [0.3, 0.4) is 0 Å². The highest BCUT2D eigenvalue weighted by Crippen LogP contribution is 2.46. The number of ether oxygens (including phenoxy) is 2. The van der Waals surface area contributed by atoms with Crippen molar-refractivity contribution >= 4 is 39.0 Å². The Bertz CT molecular complexity index is 1270. The average Bonchev–Trinajstić information content (AvgIpc) is 2.92. The first-order valence-electron chi connectivity index (χ1n) is 18.2. The Kier molecular flexibility index (Phi) is 14.3. The second-order valence-electron chi connectivity index (χ2n) is 19.7. The van der Waals surface area contributed by atoms with Gasteiger partial charge in [-0.3, -0.25) is 0 Å². The number of carbonyl (C=O) groups is 1. The molecule has 6 atom stereocenters. The molecule has 0 unspecified atom stereocenters. The van der Waals surface area contributed by atoms with Crippen molar-refractivity contribution in [3.63, 3.8) is 0 Å². The van der Waals surface area contributed by atoms with Crippen molar-refractivity contribution in [1.29, 1.82) is 0 Å². The van der Waals surface area contributed by atoms with Gasteiger partial charge in [0.15, 0.2) is 31.1 Å². The fraction of sp³-hybridized carbons (Fsp3) is 0.718. The SMILES string of the molecule is C=CC[C@@H]1O[C@@H]([C@H](C=C[Si](C)(C)C)O[Si](C)(C)C(C)(C)C)[C@@H](O[Si](C)(C)C(C)(C)C)[C@@H](O[Si](C)(C)C(C)(C)C)[C@H]1OC(=O)c1ccccc1. The van der Waals surface area contributed by atoms with E-state index in [0.717, 1.165) is 0 Å². The van der Waals surface area contributed by atoms with Crippen LogP contribution in [-0.2, 0) is 22.8 Å². The number of rotatable bonds is 13. The summed E-state index contributed by atoms with van der Waals surface area (Å²) in [5, 5.41) is -0.204. The summed E-state index contributed by atoms with van der Waals surface area (Å²) < 4.78 is 36.0. The molecule has 2 rings (SSSR count). The van der Waals surface area contributed by atoms with Crippen molar-refractivity contribution in [2.45, 2.75) is 179 Å². The third-order valence-electron chi connectivity index (χ3n) is 11.1. The summed E-state index contributed by atoms with van der Waals surface area (Å²) in [5.74, 6) is -0.399. The molecule has 1 fully saturated rings. The molecular formula is C39H72O6Si4. The van der Waals surface area contributed by atoms with Crippen LogP contribution in [0.2, 0.25) is 74.0 Å². The van der Waals surface area contributed by atoms with E-state index >= 15 is 0 Å². The van der Waals surface area contributed by atoms with Crippen LogP contribution < -0.4 is 0 Å². The maximum atomic E-state index is 13.8. The first kappa shape index (κ1) is 44.0. The van der Waals surface area contributed by atoms with Crippen LogP contribution in [0.15, 0.2) is 54.8 Å². The van der Waals surface area contributed by atoms with E-state index in [9.17, 15) is 4.79 Å². The van der Waals surface area contributed by atoms with Crippen molar-refractivity contribution in [3.8, 4) is 0 Å². The lowest BCUT2D eigenvalue weighted by molar-refractivity contribution is -0.227. The van der Waals surface area contributed by atoms with Crippen LogP contribution in [0.1, 0.15) is 79.1 Å². The van der Waals surface area contributed by atoms with Gasteiger partial charge in [0.05, 0.1) is 19.7 Å². The van der Waals surface area contributed by atoms with Gasteiger partial charge in [-0.25, -0.2) is 4.79 Å². The number of hydrogen-bond acceptors (Lipinski definition) is 6. The monoisotopic (exact) mass is 748 g/mol. The van der Waals surface area contributed by atoms with E-state index in [-0.39, 0.29) is 21.2 Å². The third kappa shape index (κ3) is 11.7. The third-order valence-corrected chi connectivity index (χ3v) is 25.8. The summed E-state index contributed by atoms with van der Waals surface area (Å²) in [6.07, 6.45) is 1.35. The molecule has 1 aliphatic rings. The molecule has 0 amide bonds. The van der Waals surface area contributed by atoms with Crippen LogP contribution in [0.5, 0.6) is 0 Å². The maximum absolute atomic E-state index is 13.8. The standard InChI is InChI=1S/C39H72O6Si4/c1-20-24-30-32(42-36(40)29-25-22-21-23-26-29)34(44-48(16,17)38(5,6)7)35(45-49(18,19)39(8,9)10)33(41-30)31(27-28-46(11,12)13)43-47(14,15)37(2,3)4/h20-23,25-28,30-35H,1,24H2,2-19H3/t30-,31-,32-,33-,34-,35+/m0/s1. The predicted octanol–water partition coefficient (Wildman–Crippen LogP) is 11.2. The fourth-order valence-electron chi connectivity index (χ4n) is 4.89. The zero-order valence-electron chi connectivity index (χ0n) is 34.4. The van der Waals surface area contributed by atoms with Gasteiger partial charge in [-0.05, 0) is 73.0 Å². The molecule has 0 radical (unpaired) electrons. The van der Waals surface area contributed by atoms with Gasteiger partial charge < -0.3 is 22.8 Å². The minimum Gasteiger partial charge on any atom is -0.453 e. The van der Waals surface area contributed by atoms with Crippen molar-refractivity contribution in [2.75, 3.05) is 0 Å². The minimum atomic E-state index is -2.45. The van der Waals surface area contributed by atoms with E-state index in [1.54, 1.807) is 12.1 Å². The molecular weight excluding hydrogens is 677 g/mol. The Morgan fingerprint density at radius 2 is 1.22 bits per heavy atom. The topological polar surface area (TPSA) is 63.2 Å². The van der Waals surface area contributed by atoms with Crippen LogP contribution in [0, 0.1) is 0 Å². The van der Waals surface area contributed by atoms with Gasteiger partial charge in [0, 0.05) is 0 Å². The highest BCUT2D eigenvalue weighted by molar-refractivity contribution is 6.81. The maximum Gasteiger partial charge on any atom is 0.338 e. The minimum absolute atomic E-state index is 0.0198. The summed E-state index contributed by atoms with van der Waals surface area (Å²) >= 11 is 0. The lowest BCUT2D eigenvalue weighted by Crippen LogP contribution is -2.68. The van der Waals surface area contributed by atoms with E-state index < -0.39 is 69.5 Å². The van der Waals surface area contributed by atoms with E-state index in [2.05, 4.69) is 140 Å². The van der Waals surface area contributed by atoms with Gasteiger partial charge >= 0.3 is 5.97 Å². The molecule has 0 aromatic heterocycles. The smallest absolute Gasteiger partial charge is 0.338 e. The second-order valence-corrected chi connectivity index (χ2v) is 39.0. The highest BCUT2D eigenvalue weighted by atomic mass is 28.4. The number of esters is 1. The molecule has 280 valence electrons. The fourth-order valence-corrected chi connectivity index (χ4v) is 9.51. The first-order chi connectivity index (χ1) is 21.9. The van der Waals surface area contributed by atoms with Gasteiger partial charge in [-0.15, -0.1) is 6.58 Å². The normalized spacial score (nSPS) is 24.2.